The van der Waals surface area contributed by atoms with Crippen molar-refractivity contribution in [3.63, 3.8) is 0 Å². The Bertz CT molecular complexity index is 673. The Balaban J connectivity index is 2.00. The number of rotatable bonds is 5. The van der Waals surface area contributed by atoms with E-state index >= 15 is 0 Å². The van der Waals surface area contributed by atoms with Crippen molar-refractivity contribution >= 4 is 17.7 Å². The van der Waals surface area contributed by atoms with Crippen molar-refractivity contribution < 1.29 is 19.4 Å². The van der Waals surface area contributed by atoms with Gasteiger partial charge >= 0.3 is 5.97 Å². The molecule has 108 valence electrons. The van der Waals surface area contributed by atoms with Crippen LogP contribution in [0.2, 0.25) is 0 Å². The monoisotopic (exact) mass is 287 g/mol. The molecular formula is C14H13N3O4. The van der Waals surface area contributed by atoms with Crippen molar-refractivity contribution in [2.24, 2.45) is 0 Å². The summed E-state index contributed by atoms with van der Waals surface area (Å²) in [5.41, 5.74) is 0.581. The highest BCUT2D eigenvalue weighted by molar-refractivity contribution is 5.98. The molecule has 21 heavy (non-hydrogen) atoms. The van der Waals surface area contributed by atoms with Gasteiger partial charge in [-0.15, -0.1) is 0 Å². The number of amides is 1. The zero-order valence-electron chi connectivity index (χ0n) is 11.2. The van der Waals surface area contributed by atoms with E-state index in [4.69, 9.17) is 9.84 Å². The molecular weight excluding hydrogens is 274 g/mol. The van der Waals surface area contributed by atoms with E-state index in [1.54, 1.807) is 12.1 Å². The van der Waals surface area contributed by atoms with Crippen molar-refractivity contribution in [3.05, 3.63) is 47.9 Å². The highest BCUT2D eigenvalue weighted by atomic mass is 16.5. The van der Waals surface area contributed by atoms with Gasteiger partial charge in [-0.25, -0.2) is 14.8 Å². The number of carbonyl (C=O) groups is 2. The molecule has 0 saturated heterocycles. The van der Waals surface area contributed by atoms with Crippen LogP contribution in [0.25, 0.3) is 0 Å². The summed E-state index contributed by atoms with van der Waals surface area (Å²) in [5, 5.41) is 11.3. The molecule has 1 aromatic heterocycles. The first-order valence-electron chi connectivity index (χ1n) is 6.10. The first-order chi connectivity index (χ1) is 10.1. The Morgan fingerprint density at radius 1 is 1.24 bits per heavy atom. The number of aromatic carboxylic acids is 1. The summed E-state index contributed by atoms with van der Waals surface area (Å²) in [6.07, 6.45) is 2.53. The van der Waals surface area contributed by atoms with Crippen molar-refractivity contribution in [1.29, 1.82) is 0 Å². The molecule has 1 amide bonds. The van der Waals surface area contributed by atoms with E-state index in [0.29, 0.717) is 5.75 Å². The maximum absolute atomic E-state index is 11.8. The van der Waals surface area contributed by atoms with E-state index < -0.39 is 11.9 Å². The maximum Gasteiger partial charge on any atom is 0.358 e. The average molecular weight is 287 g/mol. The predicted octanol–water partition coefficient (Wildman–Crippen LogP) is 1.50. The van der Waals surface area contributed by atoms with Crippen molar-refractivity contribution in [2.45, 2.75) is 6.92 Å². The van der Waals surface area contributed by atoms with Gasteiger partial charge in [0.05, 0.1) is 0 Å². The van der Waals surface area contributed by atoms with Gasteiger partial charge in [0.15, 0.2) is 18.1 Å². The van der Waals surface area contributed by atoms with E-state index in [2.05, 4.69) is 15.3 Å². The molecule has 0 saturated carbocycles. The molecule has 2 aromatic rings. The van der Waals surface area contributed by atoms with Gasteiger partial charge in [0, 0.05) is 12.4 Å². The largest absolute Gasteiger partial charge is 0.483 e. The smallest absolute Gasteiger partial charge is 0.358 e. The van der Waals surface area contributed by atoms with Crippen LogP contribution < -0.4 is 10.1 Å². The molecule has 0 spiro atoms. The van der Waals surface area contributed by atoms with Crippen LogP contribution in [-0.4, -0.2) is 33.6 Å². The minimum absolute atomic E-state index is 0.108. The lowest BCUT2D eigenvalue weighted by Gasteiger charge is -2.09. The van der Waals surface area contributed by atoms with Gasteiger partial charge in [-0.1, -0.05) is 18.2 Å². The van der Waals surface area contributed by atoms with Crippen LogP contribution in [-0.2, 0) is 4.79 Å². The molecule has 0 aliphatic heterocycles. The van der Waals surface area contributed by atoms with Crippen LogP contribution >= 0.6 is 0 Å². The molecule has 1 aromatic carbocycles. The number of nitrogens with zero attached hydrogens (tertiary/aromatic N) is 2. The van der Waals surface area contributed by atoms with Gasteiger partial charge in [0.2, 0.25) is 0 Å². The Kier molecular flexibility index (Phi) is 4.45. The highest BCUT2D eigenvalue weighted by Crippen LogP contribution is 2.16. The predicted molar refractivity (Wildman–Crippen MR) is 74.3 cm³/mol. The molecule has 0 radical (unpaired) electrons. The number of carboxylic acids is 1. The second-order valence-corrected chi connectivity index (χ2v) is 4.16. The Morgan fingerprint density at radius 2 is 1.95 bits per heavy atom. The van der Waals surface area contributed by atoms with Crippen LogP contribution in [0.5, 0.6) is 5.75 Å². The SMILES string of the molecule is Cc1ccccc1OCC(=O)Nc1nccnc1C(=O)O. The molecule has 0 bridgehead atoms. The topological polar surface area (TPSA) is 101 Å². The summed E-state index contributed by atoms with van der Waals surface area (Å²) in [6, 6.07) is 7.26. The molecule has 1 heterocycles. The zero-order chi connectivity index (χ0) is 15.2. The van der Waals surface area contributed by atoms with E-state index in [9.17, 15) is 9.59 Å². The number of hydrogen-bond donors (Lipinski definition) is 2. The van der Waals surface area contributed by atoms with E-state index in [1.807, 2.05) is 19.1 Å². The van der Waals surface area contributed by atoms with Gasteiger partial charge in [-0.2, -0.15) is 0 Å². The third-order valence-electron chi connectivity index (χ3n) is 2.61. The summed E-state index contributed by atoms with van der Waals surface area (Å²) in [5.74, 6) is -1.30. The van der Waals surface area contributed by atoms with E-state index in [1.165, 1.54) is 12.4 Å². The lowest BCUT2D eigenvalue weighted by molar-refractivity contribution is -0.118. The highest BCUT2D eigenvalue weighted by Gasteiger charge is 2.15. The van der Waals surface area contributed by atoms with Crippen LogP contribution in [0.15, 0.2) is 36.7 Å². The third kappa shape index (κ3) is 3.75. The molecule has 0 aliphatic carbocycles. The van der Waals surface area contributed by atoms with Crippen LogP contribution in [0, 0.1) is 6.92 Å². The number of para-hydroxylation sites is 1. The van der Waals surface area contributed by atoms with Gasteiger partial charge in [0.25, 0.3) is 5.91 Å². The van der Waals surface area contributed by atoms with Gasteiger partial charge < -0.3 is 15.2 Å². The number of carboxylic acid groups (broad SMARTS) is 1. The number of nitrogens with one attached hydrogen (secondary N) is 1. The van der Waals surface area contributed by atoms with Gasteiger partial charge in [-0.05, 0) is 18.6 Å². The number of hydrogen-bond acceptors (Lipinski definition) is 5. The van der Waals surface area contributed by atoms with Crippen molar-refractivity contribution in [1.82, 2.24) is 9.97 Å². The second kappa shape index (κ2) is 6.47. The molecule has 0 unspecified atom stereocenters. The summed E-state index contributed by atoms with van der Waals surface area (Å²) in [4.78, 5) is 30.1. The minimum Gasteiger partial charge on any atom is -0.483 e. The maximum atomic E-state index is 11.8. The van der Waals surface area contributed by atoms with Crippen molar-refractivity contribution in [2.75, 3.05) is 11.9 Å². The summed E-state index contributed by atoms with van der Waals surface area (Å²) >= 11 is 0. The molecule has 7 heteroatoms. The van der Waals surface area contributed by atoms with Crippen LogP contribution in [0.1, 0.15) is 16.1 Å². The Hall–Kier alpha value is -2.96. The fourth-order valence-corrected chi connectivity index (χ4v) is 1.62. The number of benzene rings is 1. The van der Waals surface area contributed by atoms with Gasteiger partial charge in [-0.3, -0.25) is 4.79 Å². The number of aryl methyl sites for hydroxylation is 1. The quantitative estimate of drug-likeness (QED) is 0.864. The fraction of sp³-hybridized carbons (Fsp3) is 0.143. The van der Waals surface area contributed by atoms with E-state index in [-0.39, 0.29) is 18.1 Å². The molecule has 2 rings (SSSR count). The number of carbonyl (C=O) groups excluding carboxylic acids is 1. The Labute approximate surface area is 120 Å². The minimum atomic E-state index is -1.27. The number of ether oxygens (including phenoxy) is 1. The summed E-state index contributed by atoms with van der Waals surface area (Å²) in [6.45, 7) is 1.61. The first-order valence-corrected chi connectivity index (χ1v) is 6.10. The van der Waals surface area contributed by atoms with Crippen LogP contribution in [0.3, 0.4) is 0 Å². The second-order valence-electron chi connectivity index (χ2n) is 4.16. The van der Waals surface area contributed by atoms with E-state index in [0.717, 1.165) is 5.56 Å². The van der Waals surface area contributed by atoms with Gasteiger partial charge in [0.1, 0.15) is 5.75 Å². The lowest BCUT2D eigenvalue weighted by Crippen LogP contribution is -2.23. The molecule has 0 atom stereocenters. The van der Waals surface area contributed by atoms with Crippen LogP contribution in [0.4, 0.5) is 5.82 Å². The third-order valence-corrected chi connectivity index (χ3v) is 2.61. The summed E-state index contributed by atoms with van der Waals surface area (Å²) in [7, 11) is 0. The lowest BCUT2D eigenvalue weighted by atomic mass is 10.2. The normalized spacial score (nSPS) is 9.95. The number of aromatic nitrogens is 2. The average Bonchev–Trinajstić information content (AvgIpc) is 2.47. The van der Waals surface area contributed by atoms with Crippen molar-refractivity contribution in [3.8, 4) is 5.75 Å². The zero-order valence-corrected chi connectivity index (χ0v) is 11.2. The Morgan fingerprint density at radius 3 is 2.67 bits per heavy atom. The molecule has 2 N–H and O–H groups in total. The molecule has 0 fully saturated rings. The molecule has 7 nitrogen and oxygen atoms in total. The summed E-state index contributed by atoms with van der Waals surface area (Å²) < 4.78 is 5.36. The fourth-order valence-electron chi connectivity index (χ4n) is 1.62. The molecule has 0 aliphatic rings. The number of anilines is 1. The standard InChI is InChI=1S/C14H13N3O4/c1-9-4-2-3-5-10(9)21-8-11(18)17-13-12(14(19)20)15-6-7-16-13/h2-7H,8H2,1H3,(H,19,20)(H,16,17,18). The first kappa shape index (κ1) is 14.4.